The summed E-state index contributed by atoms with van der Waals surface area (Å²) in [6.07, 6.45) is 2.17. The summed E-state index contributed by atoms with van der Waals surface area (Å²) in [6, 6.07) is 5.02. The van der Waals surface area contributed by atoms with E-state index in [0.29, 0.717) is 36.0 Å². The summed E-state index contributed by atoms with van der Waals surface area (Å²) in [5.41, 5.74) is 0.510. The maximum atomic E-state index is 13.0. The lowest BCUT2D eigenvalue weighted by molar-refractivity contribution is -0.129. The average molecular weight is 494 g/mol. The zero-order valence-corrected chi connectivity index (χ0v) is 20.6. The number of carbonyl (C=O) groups is 3. The largest absolute Gasteiger partial charge is 0.497 e. The van der Waals surface area contributed by atoms with E-state index in [1.165, 1.54) is 0 Å². The van der Waals surface area contributed by atoms with E-state index < -0.39 is 33.9 Å². The van der Waals surface area contributed by atoms with Crippen LogP contribution < -0.4 is 15.4 Å². The molecule has 1 saturated heterocycles. The fourth-order valence-electron chi connectivity index (χ4n) is 3.90. The molecular formula is C23H31N3O7S. The van der Waals surface area contributed by atoms with E-state index in [4.69, 9.17) is 9.15 Å². The molecule has 0 radical (unpaired) electrons. The second-order valence-electron chi connectivity index (χ2n) is 8.94. The van der Waals surface area contributed by atoms with Gasteiger partial charge in [0.2, 0.25) is 15.9 Å². The zero-order valence-electron chi connectivity index (χ0n) is 19.8. The van der Waals surface area contributed by atoms with E-state index in [1.807, 2.05) is 13.8 Å². The van der Waals surface area contributed by atoms with Crippen LogP contribution >= 0.6 is 0 Å². The van der Waals surface area contributed by atoms with Gasteiger partial charge in [-0.05, 0) is 49.4 Å². The van der Waals surface area contributed by atoms with Gasteiger partial charge in [0.15, 0.2) is 11.5 Å². The summed E-state index contributed by atoms with van der Waals surface area (Å²) in [5, 5.41) is 6.11. The Morgan fingerprint density at radius 2 is 2.00 bits per heavy atom. The van der Waals surface area contributed by atoms with Gasteiger partial charge in [0.05, 0.1) is 26.0 Å². The van der Waals surface area contributed by atoms with Gasteiger partial charge >= 0.3 is 0 Å². The van der Waals surface area contributed by atoms with Crippen molar-refractivity contribution in [1.29, 1.82) is 0 Å². The summed E-state index contributed by atoms with van der Waals surface area (Å²) in [5.74, 6) is -0.657. The first-order valence-corrected chi connectivity index (χ1v) is 13.0. The Morgan fingerprint density at radius 3 is 2.65 bits per heavy atom. The van der Waals surface area contributed by atoms with Crippen molar-refractivity contribution >= 4 is 38.6 Å². The van der Waals surface area contributed by atoms with Gasteiger partial charge in [-0.1, -0.05) is 13.8 Å². The topological polar surface area (TPSA) is 135 Å². The van der Waals surface area contributed by atoms with Gasteiger partial charge in [-0.3, -0.25) is 14.4 Å². The van der Waals surface area contributed by atoms with Crippen LogP contribution in [0.5, 0.6) is 5.75 Å². The SMILES string of the molecule is COc1ccc2oc(C(=O)N[C@@H](CC(C)C)C(=O)N[C@H]3CCCN(S(C)(=O)=O)CC3=O)cc2c1. The van der Waals surface area contributed by atoms with E-state index >= 15 is 0 Å². The first-order chi connectivity index (χ1) is 16.0. The van der Waals surface area contributed by atoms with Crippen molar-refractivity contribution in [3.63, 3.8) is 0 Å². The molecule has 1 aromatic heterocycles. The molecule has 34 heavy (non-hydrogen) atoms. The molecule has 0 aliphatic carbocycles. The highest BCUT2D eigenvalue weighted by Crippen LogP contribution is 2.24. The van der Waals surface area contributed by atoms with Crippen LogP contribution in [0.2, 0.25) is 0 Å². The lowest BCUT2D eigenvalue weighted by Crippen LogP contribution is -2.52. The number of rotatable bonds is 8. The summed E-state index contributed by atoms with van der Waals surface area (Å²) >= 11 is 0. The monoisotopic (exact) mass is 493 g/mol. The van der Waals surface area contributed by atoms with Crippen LogP contribution in [0.15, 0.2) is 28.7 Å². The molecule has 1 fully saturated rings. The molecule has 2 aromatic rings. The Balaban J connectivity index is 1.72. The van der Waals surface area contributed by atoms with E-state index in [2.05, 4.69) is 10.6 Å². The first kappa shape index (κ1) is 25.7. The number of hydrogen-bond acceptors (Lipinski definition) is 7. The summed E-state index contributed by atoms with van der Waals surface area (Å²) in [7, 11) is -1.96. The van der Waals surface area contributed by atoms with Gasteiger partial charge in [-0.25, -0.2) is 8.42 Å². The van der Waals surface area contributed by atoms with Crippen molar-refractivity contribution < 1.29 is 32.0 Å². The number of carbonyl (C=O) groups excluding carboxylic acids is 3. The van der Waals surface area contributed by atoms with Gasteiger partial charge in [-0.2, -0.15) is 4.31 Å². The number of benzene rings is 1. The maximum Gasteiger partial charge on any atom is 0.287 e. The average Bonchev–Trinajstić information content (AvgIpc) is 3.10. The number of hydrogen-bond donors (Lipinski definition) is 2. The highest BCUT2D eigenvalue weighted by Gasteiger charge is 2.32. The number of nitrogens with one attached hydrogen (secondary N) is 2. The van der Waals surface area contributed by atoms with Crippen molar-refractivity contribution in [3.05, 3.63) is 30.0 Å². The van der Waals surface area contributed by atoms with Crippen molar-refractivity contribution in [2.45, 2.75) is 45.2 Å². The van der Waals surface area contributed by atoms with E-state index in [1.54, 1.807) is 31.4 Å². The van der Waals surface area contributed by atoms with Crippen molar-refractivity contribution in [1.82, 2.24) is 14.9 Å². The third kappa shape index (κ3) is 6.35. The summed E-state index contributed by atoms with van der Waals surface area (Å²) < 4.78 is 35.6. The fraction of sp³-hybridized carbons (Fsp3) is 0.522. The Labute approximate surface area is 199 Å². The third-order valence-electron chi connectivity index (χ3n) is 5.68. The van der Waals surface area contributed by atoms with Gasteiger partial charge in [0, 0.05) is 11.9 Å². The molecule has 2 atom stereocenters. The quantitative estimate of drug-likeness (QED) is 0.571. The molecule has 2 N–H and O–H groups in total. The van der Waals surface area contributed by atoms with Gasteiger partial charge in [0.1, 0.15) is 17.4 Å². The van der Waals surface area contributed by atoms with E-state index in [-0.39, 0.29) is 30.6 Å². The Hall–Kier alpha value is -2.92. The number of ketones is 1. The second-order valence-corrected chi connectivity index (χ2v) is 10.9. The van der Waals surface area contributed by atoms with Crippen molar-refractivity contribution in [2.24, 2.45) is 5.92 Å². The highest BCUT2D eigenvalue weighted by atomic mass is 32.2. The van der Waals surface area contributed by atoms with Gasteiger partial charge in [0.25, 0.3) is 5.91 Å². The minimum Gasteiger partial charge on any atom is -0.497 e. The van der Waals surface area contributed by atoms with Crippen molar-refractivity contribution in [2.75, 3.05) is 26.5 Å². The molecule has 2 heterocycles. The second kappa shape index (κ2) is 10.6. The lowest BCUT2D eigenvalue weighted by Gasteiger charge is -2.23. The van der Waals surface area contributed by atoms with Gasteiger partial charge < -0.3 is 19.8 Å². The minimum absolute atomic E-state index is 0.0548. The van der Waals surface area contributed by atoms with Crippen LogP contribution in [-0.2, 0) is 19.6 Å². The smallest absolute Gasteiger partial charge is 0.287 e. The van der Waals surface area contributed by atoms with Crippen LogP contribution in [-0.4, -0.2) is 68.9 Å². The number of methoxy groups -OCH3 is 1. The Kier molecular flexibility index (Phi) is 7.98. The molecule has 1 aromatic carbocycles. The molecule has 11 heteroatoms. The predicted octanol–water partition coefficient (Wildman–Crippen LogP) is 1.70. The molecule has 1 aliphatic rings. The third-order valence-corrected chi connectivity index (χ3v) is 6.93. The number of fused-ring (bicyclic) bond motifs is 1. The normalized spacial score (nSPS) is 18.5. The molecule has 1 aliphatic heterocycles. The Bertz CT molecular complexity index is 1170. The van der Waals surface area contributed by atoms with E-state index in [0.717, 1.165) is 10.6 Å². The maximum absolute atomic E-state index is 13.0. The van der Waals surface area contributed by atoms with Crippen LogP contribution in [0.4, 0.5) is 0 Å². The fourth-order valence-corrected chi connectivity index (χ4v) is 4.72. The number of Topliss-reactive ketones (excluding diaryl/α,β-unsaturated/α-hetero) is 1. The number of ether oxygens (including phenoxy) is 1. The van der Waals surface area contributed by atoms with Crippen LogP contribution in [0.25, 0.3) is 11.0 Å². The predicted molar refractivity (Wildman–Crippen MR) is 126 cm³/mol. The molecule has 186 valence electrons. The van der Waals surface area contributed by atoms with Crippen LogP contribution in [0, 0.1) is 5.92 Å². The lowest BCUT2D eigenvalue weighted by atomic mass is 10.0. The molecule has 3 rings (SSSR count). The molecule has 2 amide bonds. The molecular weight excluding hydrogens is 462 g/mol. The number of sulfonamides is 1. The molecule has 0 saturated carbocycles. The van der Waals surface area contributed by atoms with E-state index in [9.17, 15) is 22.8 Å². The number of amides is 2. The number of nitrogens with zero attached hydrogens (tertiary/aromatic N) is 1. The van der Waals surface area contributed by atoms with Crippen molar-refractivity contribution in [3.8, 4) is 5.75 Å². The molecule has 0 spiro atoms. The molecule has 0 bridgehead atoms. The summed E-state index contributed by atoms with van der Waals surface area (Å²) in [6.45, 7) is 3.77. The van der Waals surface area contributed by atoms with Crippen LogP contribution in [0.1, 0.15) is 43.7 Å². The molecule has 10 nitrogen and oxygen atoms in total. The zero-order chi connectivity index (χ0) is 25.0. The minimum atomic E-state index is -3.50. The highest BCUT2D eigenvalue weighted by molar-refractivity contribution is 7.88. The van der Waals surface area contributed by atoms with Gasteiger partial charge in [-0.15, -0.1) is 0 Å². The first-order valence-electron chi connectivity index (χ1n) is 11.1. The Morgan fingerprint density at radius 1 is 1.26 bits per heavy atom. The summed E-state index contributed by atoms with van der Waals surface area (Å²) in [4.78, 5) is 38.5. The standard InChI is InChI=1S/C23H31N3O7S/c1-14(2)10-18(22(28)24-17-6-5-9-26(13-19(17)27)34(4,30)31)25-23(29)21-12-15-11-16(32-3)7-8-20(15)33-21/h7-8,11-12,14,17-18H,5-6,9-10,13H2,1-4H3,(H,24,28)(H,25,29)/t17-,18-/m0/s1. The van der Waals surface area contributed by atoms with Crippen LogP contribution in [0.3, 0.4) is 0 Å². The number of furan rings is 1. The molecule has 0 unspecified atom stereocenters.